The topological polar surface area (TPSA) is 50.1 Å². The van der Waals surface area contributed by atoms with Gasteiger partial charge in [0.05, 0.1) is 18.2 Å². The summed E-state index contributed by atoms with van der Waals surface area (Å²) in [5.41, 5.74) is 2.43. The standard InChI is InChI=1S/C16H13NO2/c17-11-14-3-1-13(2-4-14)9-10-19-16-7-5-15(12-18)6-8-16/h1-8,12H,9-10H2. The fourth-order valence-electron chi connectivity index (χ4n) is 1.68. The van der Waals surface area contributed by atoms with E-state index in [-0.39, 0.29) is 0 Å². The Morgan fingerprint density at radius 1 is 1.05 bits per heavy atom. The highest BCUT2D eigenvalue weighted by atomic mass is 16.5. The van der Waals surface area contributed by atoms with Crippen LogP contribution in [0.4, 0.5) is 0 Å². The van der Waals surface area contributed by atoms with Gasteiger partial charge in [0.2, 0.25) is 0 Å². The van der Waals surface area contributed by atoms with E-state index in [1.807, 2.05) is 12.1 Å². The van der Waals surface area contributed by atoms with Gasteiger partial charge in [0.15, 0.2) is 0 Å². The normalized spacial score (nSPS) is 9.63. The van der Waals surface area contributed by atoms with E-state index >= 15 is 0 Å². The SMILES string of the molecule is N#Cc1ccc(CCOc2ccc(C=O)cc2)cc1. The monoisotopic (exact) mass is 251 g/mol. The van der Waals surface area contributed by atoms with E-state index in [4.69, 9.17) is 10.00 Å². The number of carbonyl (C=O) groups excluding carboxylic acids is 1. The van der Waals surface area contributed by atoms with E-state index in [2.05, 4.69) is 6.07 Å². The van der Waals surface area contributed by atoms with Gasteiger partial charge in [-0.05, 0) is 42.0 Å². The quantitative estimate of drug-likeness (QED) is 0.767. The Bertz CT molecular complexity index is 580. The van der Waals surface area contributed by atoms with Gasteiger partial charge in [-0.15, -0.1) is 0 Å². The highest BCUT2D eigenvalue weighted by molar-refractivity contribution is 5.74. The first-order valence-corrected chi connectivity index (χ1v) is 5.99. The average molecular weight is 251 g/mol. The third kappa shape index (κ3) is 3.68. The molecule has 0 fully saturated rings. The van der Waals surface area contributed by atoms with Gasteiger partial charge in [-0.2, -0.15) is 5.26 Å². The lowest BCUT2D eigenvalue weighted by Gasteiger charge is -2.06. The molecule has 2 rings (SSSR count). The second-order valence-corrected chi connectivity index (χ2v) is 4.09. The zero-order valence-electron chi connectivity index (χ0n) is 10.4. The lowest BCUT2D eigenvalue weighted by molar-refractivity contribution is 0.112. The molecule has 0 spiro atoms. The molecule has 2 aromatic carbocycles. The molecule has 0 aliphatic heterocycles. The molecule has 0 N–H and O–H groups in total. The Hall–Kier alpha value is -2.60. The first-order chi connectivity index (χ1) is 9.31. The smallest absolute Gasteiger partial charge is 0.150 e. The first-order valence-electron chi connectivity index (χ1n) is 5.99. The maximum Gasteiger partial charge on any atom is 0.150 e. The van der Waals surface area contributed by atoms with Crippen LogP contribution < -0.4 is 4.74 Å². The van der Waals surface area contributed by atoms with Crippen molar-refractivity contribution < 1.29 is 9.53 Å². The van der Waals surface area contributed by atoms with Crippen LogP contribution in [0.15, 0.2) is 48.5 Å². The van der Waals surface area contributed by atoms with E-state index in [1.54, 1.807) is 36.4 Å². The summed E-state index contributed by atoms with van der Waals surface area (Å²) in [5.74, 6) is 0.749. The molecule has 0 aliphatic rings. The van der Waals surface area contributed by atoms with Crippen LogP contribution >= 0.6 is 0 Å². The summed E-state index contributed by atoms with van der Waals surface area (Å²) in [6, 6.07) is 16.6. The third-order valence-corrected chi connectivity index (χ3v) is 2.76. The van der Waals surface area contributed by atoms with E-state index in [0.717, 1.165) is 24.0 Å². The summed E-state index contributed by atoms with van der Waals surface area (Å²) in [6.45, 7) is 0.562. The van der Waals surface area contributed by atoms with E-state index in [9.17, 15) is 4.79 Å². The highest BCUT2D eigenvalue weighted by Gasteiger charge is 1.97. The summed E-state index contributed by atoms with van der Waals surface area (Å²) in [7, 11) is 0. The molecule has 0 heterocycles. The number of benzene rings is 2. The summed E-state index contributed by atoms with van der Waals surface area (Å²) in [5, 5.41) is 8.70. The van der Waals surface area contributed by atoms with Gasteiger partial charge < -0.3 is 4.74 Å². The molecule has 3 heteroatoms. The second-order valence-electron chi connectivity index (χ2n) is 4.09. The number of carbonyl (C=O) groups is 1. The number of ether oxygens (including phenoxy) is 1. The Morgan fingerprint density at radius 3 is 2.32 bits per heavy atom. The fourth-order valence-corrected chi connectivity index (χ4v) is 1.68. The summed E-state index contributed by atoms with van der Waals surface area (Å²) < 4.78 is 5.59. The van der Waals surface area contributed by atoms with Gasteiger partial charge in [0.1, 0.15) is 12.0 Å². The van der Waals surface area contributed by atoms with Crippen LogP contribution in [0.25, 0.3) is 0 Å². The van der Waals surface area contributed by atoms with E-state index < -0.39 is 0 Å². The first kappa shape index (κ1) is 12.8. The number of rotatable bonds is 5. The van der Waals surface area contributed by atoms with Crippen LogP contribution in [0.3, 0.4) is 0 Å². The number of hydrogen-bond acceptors (Lipinski definition) is 3. The fraction of sp³-hybridized carbons (Fsp3) is 0.125. The summed E-state index contributed by atoms with van der Waals surface area (Å²) >= 11 is 0. The van der Waals surface area contributed by atoms with Crippen molar-refractivity contribution in [2.75, 3.05) is 6.61 Å². The predicted molar refractivity (Wildman–Crippen MR) is 72.2 cm³/mol. The Labute approximate surface area is 112 Å². The molecule has 0 aliphatic carbocycles. The predicted octanol–water partition coefficient (Wildman–Crippen LogP) is 2.99. The van der Waals surface area contributed by atoms with Gasteiger partial charge in [-0.1, -0.05) is 12.1 Å². The van der Waals surface area contributed by atoms with Gasteiger partial charge in [-0.3, -0.25) is 4.79 Å². The number of hydrogen-bond donors (Lipinski definition) is 0. The zero-order chi connectivity index (χ0) is 13.5. The van der Waals surface area contributed by atoms with Crippen molar-refractivity contribution in [1.29, 1.82) is 5.26 Å². The van der Waals surface area contributed by atoms with Gasteiger partial charge in [0.25, 0.3) is 0 Å². The molecule has 0 amide bonds. The van der Waals surface area contributed by atoms with Crippen molar-refractivity contribution in [2.24, 2.45) is 0 Å². The minimum absolute atomic E-state index is 0.562. The van der Waals surface area contributed by atoms with E-state index in [0.29, 0.717) is 17.7 Å². The minimum Gasteiger partial charge on any atom is -0.493 e. The third-order valence-electron chi connectivity index (χ3n) is 2.76. The molecule has 2 aromatic rings. The summed E-state index contributed by atoms with van der Waals surface area (Å²) in [4.78, 5) is 10.5. The lowest BCUT2D eigenvalue weighted by Crippen LogP contribution is -2.01. The maximum absolute atomic E-state index is 10.5. The van der Waals surface area contributed by atoms with Crippen LogP contribution in [-0.4, -0.2) is 12.9 Å². The average Bonchev–Trinajstić information content (AvgIpc) is 2.49. The molecule has 0 unspecified atom stereocenters. The molecule has 94 valence electrons. The number of nitrogens with zero attached hydrogens (tertiary/aromatic N) is 1. The Morgan fingerprint density at radius 2 is 1.74 bits per heavy atom. The van der Waals surface area contributed by atoms with Crippen molar-refractivity contribution >= 4 is 6.29 Å². The van der Waals surface area contributed by atoms with Crippen LogP contribution in [-0.2, 0) is 6.42 Å². The highest BCUT2D eigenvalue weighted by Crippen LogP contribution is 2.12. The van der Waals surface area contributed by atoms with Crippen molar-refractivity contribution in [1.82, 2.24) is 0 Å². The summed E-state index contributed by atoms with van der Waals surface area (Å²) in [6.07, 6.45) is 1.58. The molecule has 0 radical (unpaired) electrons. The second kappa shape index (κ2) is 6.36. The van der Waals surface area contributed by atoms with Crippen molar-refractivity contribution in [3.63, 3.8) is 0 Å². The zero-order valence-corrected chi connectivity index (χ0v) is 10.4. The Kier molecular flexibility index (Phi) is 4.30. The largest absolute Gasteiger partial charge is 0.493 e. The van der Waals surface area contributed by atoms with Crippen molar-refractivity contribution in [3.8, 4) is 11.8 Å². The number of aldehydes is 1. The van der Waals surface area contributed by atoms with Crippen LogP contribution in [0.5, 0.6) is 5.75 Å². The Balaban J connectivity index is 1.85. The van der Waals surface area contributed by atoms with E-state index in [1.165, 1.54) is 0 Å². The maximum atomic E-state index is 10.5. The van der Waals surface area contributed by atoms with Crippen molar-refractivity contribution in [2.45, 2.75) is 6.42 Å². The molecule has 0 bridgehead atoms. The molecule has 19 heavy (non-hydrogen) atoms. The molecular weight excluding hydrogens is 238 g/mol. The molecule has 3 nitrogen and oxygen atoms in total. The minimum atomic E-state index is 0.562. The number of nitriles is 1. The van der Waals surface area contributed by atoms with Gasteiger partial charge >= 0.3 is 0 Å². The molecule has 0 atom stereocenters. The lowest BCUT2D eigenvalue weighted by atomic mass is 10.1. The molecule has 0 saturated carbocycles. The molecule has 0 saturated heterocycles. The van der Waals surface area contributed by atoms with Gasteiger partial charge in [0, 0.05) is 12.0 Å². The van der Waals surface area contributed by atoms with Crippen molar-refractivity contribution in [3.05, 3.63) is 65.2 Å². The van der Waals surface area contributed by atoms with Crippen LogP contribution in [0.1, 0.15) is 21.5 Å². The molecule has 0 aromatic heterocycles. The van der Waals surface area contributed by atoms with Crippen LogP contribution in [0, 0.1) is 11.3 Å². The van der Waals surface area contributed by atoms with Crippen LogP contribution in [0.2, 0.25) is 0 Å². The molecular formula is C16H13NO2. The van der Waals surface area contributed by atoms with Gasteiger partial charge in [-0.25, -0.2) is 0 Å².